The van der Waals surface area contributed by atoms with E-state index >= 15 is 0 Å². The van der Waals surface area contributed by atoms with Gasteiger partial charge in [-0.1, -0.05) is 24.3 Å². The van der Waals surface area contributed by atoms with Crippen molar-refractivity contribution < 1.29 is 22.8 Å². The number of nitriles is 1. The summed E-state index contributed by atoms with van der Waals surface area (Å²) in [5.74, 6) is -1.08. The van der Waals surface area contributed by atoms with Gasteiger partial charge in [0.25, 0.3) is 0 Å². The van der Waals surface area contributed by atoms with Gasteiger partial charge in [-0.3, -0.25) is 14.5 Å². The Kier molecular flexibility index (Phi) is 4.40. The van der Waals surface area contributed by atoms with Gasteiger partial charge in [0.05, 0.1) is 11.1 Å². The predicted molar refractivity (Wildman–Crippen MR) is 113 cm³/mol. The van der Waals surface area contributed by atoms with Crippen molar-refractivity contribution in [2.45, 2.75) is 30.9 Å². The van der Waals surface area contributed by atoms with E-state index < -0.39 is 23.1 Å². The van der Waals surface area contributed by atoms with Crippen molar-refractivity contribution in [2.24, 2.45) is 5.73 Å². The van der Waals surface area contributed by atoms with Crippen molar-refractivity contribution in [2.75, 3.05) is 10.2 Å². The van der Waals surface area contributed by atoms with E-state index in [2.05, 4.69) is 5.32 Å². The molecule has 2 aromatic carbocycles. The monoisotopic (exact) mass is 450 g/mol. The van der Waals surface area contributed by atoms with Crippen LogP contribution in [0.1, 0.15) is 30.4 Å². The third kappa shape index (κ3) is 2.73. The van der Waals surface area contributed by atoms with Gasteiger partial charge in [-0.25, -0.2) is 0 Å². The van der Waals surface area contributed by atoms with E-state index in [-0.39, 0.29) is 34.9 Å². The molecule has 1 amide bonds. The number of alkyl halides is 3. The minimum absolute atomic E-state index is 0.0683. The summed E-state index contributed by atoms with van der Waals surface area (Å²) in [6.07, 6.45) is -3.67. The van der Waals surface area contributed by atoms with Gasteiger partial charge in [-0.05, 0) is 37.1 Å². The second-order valence-corrected chi connectivity index (χ2v) is 8.10. The molecule has 6 nitrogen and oxygen atoms in total. The molecule has 0 unspecified atom stereocenters. The van der Waals surface area contributed by atoms with Crippen LogP contribution < -0.4 is 16.0 Å². The predicted octanol–water partition coefficient (Wildman–Crippen LogP) is 4.12. The highest BCUT2D eigenvalue weighted by atomic mass is 19.4. The smallest absolute Gasteiger partial charge is 0.384 e. The van der Waals surface area contributed by atoms with Crippen LogP contribution in [0.25, 0.3) is 0 Å². The molecule has 2 aliphatic heterocycles. The number of carbonyl (C=O) groups excluding carboxylic acids is 2. The summed E-state index contributed by atoms with van der Waals surface area (Å²) < 4.78 is 40.2. The molecule has 2 heterocycles. The lowest BCUT2D eigenvalue weighted by molar-refractivity contribution is -0.137. The summed E-state index contributed by atoms with van der Waals surface area (Å²) >= 11 is 0. The Morgan fingerprint density at radius 1 is 1.09 bits per heavy atom. The lowest BCUT2D eigenvalue weighted by Gasteiger charge is -2.43. The molecule has 0 aromatic heterocycles. The molecule has 33 heavy (non-hydrogen) atoms. The van der Waals surface area contributed by atoms with Gasteiger partial charge >= 0.3 is 6.18 Å². The van der Waals surface area contributed by atoms with Gasteiger partial charge in [-0.2, -0.15) is 18.4 Å². The highest BCUT2D eigenvalue weighted by molar-refractivity contribution is 6.19. The summed E-state index contributed by atoms with van der Waals surface area (Å²) in [4.78, 5) is 28.1. The molecule has 5 rings (SSSR count). The molecule has 3 aliphatic rings. The number of anilines is 2. The summed E-state index contributed by atoms with van der Waals surface area (Å²) in [6, 6.07) is 13.3. The zero-order valence-electron chi connectivity index (χ0n) is 17.2. The maximum Gasteiger partial charge on any atom is 0.416 e. The van der Waals surface area contributed by atoms with Gasteiger partial charge < -0.3 is 11.1 Å². The van der Waals surface area contributed by atoms with Gasteiger partial charge in [0.15, 0.2) is 5.78 Å². The lowest BCUT2D eigenvalue weighted by atomic mass is 9.64. The van der Waals surface area contributed by atoms with E-state index in [1.54, 1.807) is 24.3 Å². The van der Waals surface area contributed by atoms with Crippen LogP contribution in [0.3, 0.4) is 0 Å². The number of para-hydroxylation sites is 1. The second-order valence-electron chi connectivity index (χ2n) is 8.10. The van der Waals surface area contributed by atoms with E-state index in [4.69, 9.17) is 5.73 Å². The third-order valence-electron chi connectivity index (χ3n) is 6.37. The Bertz CT molecular complexity index is 1340. The standard InChI is InChI=1S/C24H17F3N4O2/c25-24(26,27)13-5-3-6-14(11-13)31-18-9-4-10-19(32)20(18)23(16(12-28)21(31)29)15-7-1-2-8-17(15)30-22(23)33/h1-3,5-8,11H,4,9-10,29H2,(H,30,33)/t23-/m0/s1. The summed E-state index contributed by atoms with van der Waals surface area (Å²) in [5, 5.41) is 12.9. The molecule has 0 fully saturated rings. The number of Topliss-reactive ketones (excluding diaryl/α,β-unsaturated/α-hetero) is 1. The number of halogens is 3. The van der Waals surface area contributed by atoms with Crippen molar-refractivity contribution in [3.8, 4) is 6.07 Å². The number of ketones is 1. The first kappa shape index (κ1) is 20.8. The first-order valence-electron chi connectivity index (χ1n) is 10.3. The lowest BCUT2D eigenvalue weighted by Crippen LogP contribution is -2.50. The summed E-state index contributed by atoms with van der Waals surface area (Å²) in [5.41, 5.74) is 5.02. The van der Waals surface area contributed by atoms with Gasteiger partial charge in [0.1, 0.15) is 17.3 Å². The number of hydrogen-bond acceptors (Lipinski definition) is 5. The minimum Gasteiger partial charge on any atom is -0.384 e. The molecule has 9 heteroatoms. The average Bonchev–Trinajstić information content (AvgIpc) is 3.06. The number of allylic oxidation sites excluding steroid dienone is 1. The van der Waals surface area contributed by atoms with Crippen LogP contribution in [0, 0.1) is 11.3 Å². The molecule has 0 saturated heterocycles. The number of carbonyl (C=O) groups is 2. The minimum atomic E-state index is -4.59. The van der Waals surface area contributed by atoms with Crippen LogP contribution >= 0.6 is 0 Å². The zero-order valence-corrected chi connectivity index (χ0v) is 17.2. The maximum absolute atomic E-state index is 13.4. The van der Waals surface area contributed by atoms with Gasteiger partial charge in [0, 0.05) is 34.6 Å². The van der Waals surface area contributed by atoms with Crippen molar-refractivity contribution in [1.82, 2.24) is 0 Å². The highest BCUT2D eigenvalue weighted by Gasteiger charge is 2.60. The Balaban J connectivity index is 1.84. The van der Waals surface area contributed by atoms with Crippen LogP contribution in [-0.4, -0.2) is 11.7 Å². The van der Waals surface area contributed by atoms with E-state index in [9.17, 15) is 28.0 Å². The Hall–Kier alpha value is -4.06. The number of hydrogen-bond donors (Lipinski definition) is 2. The summed E-state index contributed by atoms with van der Waals surface area (Å²) in [6.45, 7) is 0. The average molecular weight is 450 g/mol. The molecule has 3 N–H and O–H groups in total. The molecule has 1 spiro atoms. The number of nitrogens with two attached hydrogens (primary N) is 1. The van der Waals surface area contributed by atoms with Gasteiger partial charge in [0.2, 0.25) is 5.91 Å². The fraction of sp³-hybridized carbons (Fsp3) is 0.208. The number of nitrogens with one attached hydrogen (secondary N) is 1. The molecule has 0 radical (unpaired) electrons. The van der Waals surface area contributed by atoms with Crippen molar-refractivity contribution >= 4 is 23.1 Å². The van der Waals surface area contributed by atoms with Gasteiger partial charge in [-0.15, -0.1) is 0 Å². The fourth-order valence-corrected chi connectivity index (χ4v) is 5.06. The van der Waals surface area contributed by atoms with Crippen molar-refractivity contribution in [1.29, 1.82) is 5.26 Å². The van der Waals surface area contributed by atoms with Crippen LogP contribution in [-0.2, 0) is 21.2 Å². The number of amides is 1. The SMILES string of the molecule is N#CC1=C(N)N(c2cccc(C(F)(F)F)c2)C2=C(C(=O)CCC2)[C@@]12C(=O)Nc1ccccc12. The van der Waals surface area contributed by atoms with Crippen LogP contribution in [0.4, 0.5) is 24.5 Å². The fourth-order valence-electron chi connectivity index (χ4n) is 5.06. The normalized spacial score (nSPS) is 22.3. The molecular weight excluding hydrogens is 433 g/mol. The molecule has 0 bridgehead atoms. The number of fused-ring (bicyclic) bond motifs is 3. The largest absolute Gasteiger partial charge is 0.416 e. The number of nitrogens with zero attached hydrogens (tertiary/aromatic N) is 2. The summed E-state index contributed by atoms with van der Waals surface area (Å²) in [7, 11) is 0. The molecular formula is C24H17F3N4O2. The van der Waals surface area contributed by atoms with E-state index in [1.165, 1.54) is 17.0 Å². The Morgan fingerprint density at radius 3 is 2.58 bits per heavy atom. The van der Waals surface area contributed by atoms with Crippen molar-refractivity contribution in [3.05, 3.63) is 82.3 Å². The van der Waals surface area contributed by atoms with E-state index in [1.807, 2.05) is 6.07 Å². The topological polar surface area (TPSA) is 99.2 Å². The highest BCUT2D eigenvalue weighted by Crippen LogP contribution is 2.55. The first-order valence-corrected chi connectivity index (χ1v) is 10.3. The molecule has 1 atom stereocenters. The maximum atomic E-state index is 13.4. The zero-order chi connectivity index (χ0) is 23.5. The Morgan fingerprint density at radius 2 is 1.85 bits per heavy atom. The molecule has 2 aromatic rings. The third-order valence-corrected chi connectivity index (χ3v) is 6.37. The molecule has 1 aliphatic carbocycles. The van der Waals surface area contributed by atoms with Crippen LogP contribution in [0.15, 0.2) is 71.2 Å². The first-order chi connectivity index (χ1) is 15.7. The number of rotatable bonds is 1. The quantitative estimate of drug-likeness (QED) is 0.681. The number of benzene rings is 2. The molecule has 166 valence electrons. The van der Waals surface area contributed by atoms with E-state index in [0.29, 0.717) is 29.8 Å². The van der Waals surface area contributed by atoms with Crippen LogP contribution in [0.5, 0.6) is 0 Å². The molecule has 0 saturated carbocycles. The Labute approximate surface area is 186 Å². The van der Waals surface area contributed by atoms with E-state index in [0.717, 1.165) is 12.1 Å². The second kappa shape index (κ2) is 6.97. The van der Waals surface area contributed by atoms with Crippen LogP contribution in [0.2, 0.25) is 0 Å². The van der Waals surface area contributed by atoms with Crippen molar-refractivity contribution in [3.63, 3.8) is 0 Å².